The summed E-state index contributed by atoms with van der Waals surface area (Å²) in [6.45, 7) is 4.89. The number of rotatable bonds is 6. The Morgan fingerprint density at radius 2 is 2.07 bits per heavy atom. The number of ether oxygens (including phenoxy) is 1. The first-order chi connectivity index (χ1) is 14.7. The molecule has 0 bridgehead atoms. The largest absolute Gasteiger partial charge is 0.379 e. The molecular weight excluding hydrogens is 416 g/mol. The molecule has 1 aliphatic heterocycles. The number of morpholine rings is 1. The smallest absolute Gasteiger partial charge is 0.146 e. The monoisotopic (exact) mass is 440 g/mol. The lowest BCUT2D eigenvalue weighted by atomic mass is 10.2. The van der Waals surface area contributed by atoms with Gasteiger partial charge in [0.25, 0.3) is 0 Å². The van der Waals surface area contributed by atoms with Crippen molar-refractivity contribution in [2.45, 2.75) is 13.1 Å². The first kappa shape index (κ1) is 19.6. The number of aromatic nitrogens is 4. The summed E-state index contributed by atoms with van der Waals surface area (Å²) in [6, 6.07) is 4.26. The quantitative estimate of drug-likeness (QED) is 0.456. The van der Waals surface area contributed by atoms with Gasteiger partial charge in [-0.05, 0) is 11.4 Å². The molecule has 0 unspecified atom stereocenters. The second-order valence-corrected chi connectivity index (χ2v) is 9.34. The Morgan fingerprint density at radius 1 is 1.20 bits per heavy atom. The number of nitrogens with zero attached hydrogens (tertiary/aromatic N) is 6. The van der Waals surface area contributed by atoms with E-state index < -0.39 is 0 Å². The molecule has 5 heterocycles. The van der Waals surface area contributed by atoms with Gasteiger partial charge in [-0.3, -0.25) is 9.58 Å². The summed E-state index contributed by atoms with van der Waals surface area (Å²) in [7, 11) is 4.05. The van der Waals surface area contributed by atoms with Crippen molar-refractivity contribution in [1.29, 1.82) is 0 Å². The van der Waals surface area contributed by atoms with Crippen LogP contribution in [0.4, 0.5) is 5.82 Å². The van der Waals surface area contributed by atoms with Crippen LogP contribution in [0, 0.1) is 0 Å². The minimum atomic E-state index is 0.747. The predicted octanol–water partition coefficient (Wildman–Crippen LogP) is 3.62. The van der Waals surface area contributed by atoms with Crippen LogP contribution >= 0.6 is 22.7 Å². The van der Waals surface area contributed by atoms with Gasteiger partial charge in [-0.1, -0.05) is 6.07 Å². The van der Waals surface area contributed by atoms with Gasteiger partial charge in [0.2, 0.25) is 0 Å². The highest BCUT2D eigenvalue weighted by atomic mass is 32.1. The first-order valence-corrected chi connectivity index (χ1v) is 11.7. The highest BCUT2D eigenvalue weighted by molar-refractivity contribution is 7.18. The van der Waals surface area contributed by atoms with E-state index in [4.69, 9.17) is 14.7 Å². The third kappa shape index (κ3) is 3.98. The molecule has 4 aromatic rings. The number of hydrogen-bond acceptors (Lipinski definition) is 8. The summed E-state index contributed by atoms with van der Waals surface area (Å²) >= 11 is 3.45. The van der Waals surface area contributed by atoms with E-state index in [1.807, 2.05) is 17.9 Å². The molecule has 0 saturated carbocycles. The lowest BCUT2D eigenvalue weighted by Gasteiger charge is -2.26. The first-order valence-electron chi connectivity index (χ1n) is 9.98. The number of hydrogen-bond donors (Lipinski definition) is 0. The lowest BCUT2D eigenvalue weighted by molar-refractivity contribution is 0.0331. The van der Waals surface area contributed by atoms with Gasteiger partial charge in [-0.15, -0.1) is 22.7 Å². The van der Waals surface area contributed by atoms with Gasteiger partial charge in [0, 0.05) is 61.3 Å². The van der Waals surface area contributed by atoms with Crippen molar-refractivity contribution >= 4 is 38.7 Å². The molecule has 0 aromatic carbocycles. The highest BCUT2D eigenvalue weighted by Crippen LogP contribution is 2.40. The molecular formula is C21H24N6OS2. The second kappa shape index (κ2) is 8.43. The van der Waals surface area contributed by atoms with E-state index in [0.29, 0.717) is 0 Å². The number of fused-ring (bicyclic) bond motifs is 1. The molecule has 1 fully saturated rings. The van der Waals surface area contributed by atoms with Crippen LogP contribution in [0.3, 0.4) is 0 Å². The molecule has 0 N–H and O–H groups in total. The zero-order valence-electron chi connectivity index (χ0n) is 17.1. The van der Waals surface area contributed by atoms with Gasteiger partial charge >= 0.3 is 0 Å². The van der Waals surface area contributed by atoms with Crippen molar-refractivity contribution in [2.24, 2.45) is 7.05 Å². The van der Waals surface area contributed by atoms with Crippen LogP contribution in [0.25, 0.3) is 20.7 Å². The van der Waals surface area contributed by atoms with E-state index in [2.05, 4.69) is 51.0 Å². The number of anilines is 1. The normalized spacial score (nSPS) is 15.1. The molecule has 0 atom stereocenters. The van der Waals surface area contributed by atoms with Crippen LogP contribution in [0.2, 0.25) is 0 Å². The molecule has 5 rings (SSSR count). The fourth-order valence-corrected chi connectivity index (χ4v) is 5.56. The van der Waals surface area contributed by atoms with Crippen molar-refractivity contribution in [2.75, 3.05) is 38.3 Å². The maximum atomic E-state index is 5.49. The van der Waals surface area contributed by atoms with Crippen molar-refractivity contribution < 1.29 is 4.74 Å². The van der Waals surface area contributed by atoms with E-state index in [-0.39, 0.29) is 0 Å². The standard InChI is InChI=1S/C21H24N6OS2/c1-25(11-15-10-22-26(2)12-15)20-19-16(17-4-3-9-29-17)14-30-21(19)24-18(23-20)13-27-5-7-28-8-6-27/h3-4,9-10,12,14H,5-8,11,13H2,1-2H3. The molecule has 1 aliphatic rings. The minimum Gasteiger partial charge on any atom is -0.379 e. The topological polar surface area (TPSA) is 59.3 Å². The van der Waals surface area contributed by atoms with Crippen LogP contribution in [0.5, 0.6) is 0 Å². The van der Waals surface area contributed by atoms with E-state index >= 15 is 0 Å². The van der Waals surface area contributed by atoms with Crippen LogP contribution in [-0.4, -0.2) is 58.0 Å². The SMILES string of the molecule is CN(Cc1cnn(C)c1)c1nc(CN2CCOCC2)nc2scc(-c3cccs3)c12. The van der Waals surface area contributed by atoms with Crippen LogP contribution in [0.15, 0.2) is 35.3 Å². The van der Waals surface area contributed by atoms with E-state index in [1.54, 1.807) is 22.7 Å². The van der Waals surface area contributed by atoms with Crippen LogP contribution < -0.4 is 4.90 Å². The van der Waals surface area contributed by atoms with Gasteiger partial charge in [0.15, 0.2) is 0 Å². The van der Waals surface area contributed by atoms with Gasteiger partial charge in [0.05, 0.1) is 31.3 Å². The molecule has 4 aromatic heterocycles. The Morgan fingerprint density at radius 3 is 2.80 bits per heavy atom. The summed E-state index contributed by atoms with van der Waals surface area (Å²) in [6.07, 6.45) is 3.97. The predicted molar refractivity (Wildman–Crippen MR) is 122 cm³/mol. The molecule has 0 radical (unpaired) electrons. The van der Waals surface area contributed by atoms with E-state index in [1.165, 1.54) is 10.4 Å². The van der Waals surface area contributed by atoms with Crippen LogP contribution in [-0.2, 0) is 24.9 Å². The number of aryl methyl sites for hydroxylation is 1. The second-order valence-electron chi connectivity index (χ2n) is 7.54. The lowest BCUT2D eigenvalue weighted by Crippen LogP contribution is -2.36. The maximum absolute atomic E-state index is 5.49. The Balaban J connectivity index is 1.55. The molecule has 156 valence electrons. The van der Waals surface area contributed by atoms with Crippen LogP contribution in [0.1, 0.15) is 11.4 Å². The Bertz CT molecular complexity index is 1130. The summed E-state index contributed by atoms with van der Waals surface area (Å²) in [4.78, 5) is 16.9. The molecule has 0 amide bonds. The molecule has 0 spiro atoms. The molecule has 7 nitrogen and oxygen atoms in total. The van der Waals surface area contributed by atoms with E-state index in [9.17, 15) is 0 Å². The zero-order chi connectivity index (χ0) is 20.5. The summed E-state index contributed by atoms with van der Waals surface area (Å²) in [5.74, 6) is 1.86. The summed E-state index contributed by atoms with van der Waals surface area (Å²) in [5.41, 5.74) is 2.38. The van der Waals surface area contributed by atoms with Gasteiger partial charge in [-0.25, -0.2) is 9.97 Å². The van der Waals surface area contributed by atoms with Crippen molar-refractivity contribution in [1.82, 2.24) is 24.6 Å². The fraction of sp³-hybridized carbons (Fsp3) is 0.381. The average Bonchev–Trinajstić information content (AvgIpc) is 3.49. The molecule has 30 heavy (non-hydrogen) atoms. The molecule has 1 saturated heterocycles. The zero-order valence-corrected chi connectivity index (χ0v) is 18.7. The van der Waals surface area contributed by atoms with Crippen molar-refractivity contribution in [3.63, 3.8) is 0 Å². The van der Waals surface area contributed by atoms with Gasteiger partial charge in [-0.2, -0.15) is 5.10 Å². The Kier molecular flexibility index (Phi) is 5.51. The van der Waals surface area contributed by atoms with Crippen molar-refractivity contribution in [3.05, 3.63) is 46.7 Å². The Hall–Kier alpha value is -2.33. The van der Waals surface area contributed by atoms with Crippen molar-refractivity contribution in [3.8, 4) is 10.4 Å². The highest BCUT2D eigenvalue weighted by Gasteiger charge is 2.20. The third-order valence-corrected chi connectivity index (χ3v) is 7.03. The maximum Gasteiger partial charge on any atom is 0.146 e. The van der Waals surface area contributed by atoms with Gasteiger partial charge in [0.1, 0.15) is 16.5 Å². The summed E-state index contributed by atoms with van der Waals surface area (Å²) in [5, 5.41) is 9.78. The van der Waals surface area contributed by atoms with Gasteiger partial charge < -0.3 is 9.64 Å². The fourth-order valence-electron chi connectivity index (χ4n) is 3.79. The minimum absolute atomic E-state index is 0.747. The van der Waals surface area contributed by atoms with E-state index in [0.717, 1.165) is 66.8 Å². The molecule has 0 aliphatic carbocycles. The Labute approximate surface area is 183 Å². The third-order valence-electron chi connectivity index (χ3n) is 5.26. The number of thiophene rings is 2. The summed E-state index contributed by atoms with van der Waals surface area (Å²) < 4.78 is 7.32. The molecule has 9 heteroatoms. The average molecular weight is 441 g/mol.